The molecule has 0 radical (unpaired) electrons. The van der Waals surface area contributed by atoms with Crippen LogP contribution in [0.2, 0.25) is 0 Å². The van der Waals surface area contributed by atoms with Crippen LogP contribution in [0.3, 0.4) is 0 Å². The van der Waals surface area contributed by atoms with Crippen LogP contribution in [0.5, 0.6) is 0 Å². The van der Waals surface area contributed by atoms with E-state index in [2.05, 4.69) is 32.8 Å². The van der Waals surface area contributed by atoms with Gasteiger partial charge in [-0.2, -0.15) is 5.26 Å². The Balaban J connectivity index is 1.86. The smallest absolute Gasteiger partial charge is 0.280 e. The van der Waals surface area contributed by atoms with E-state index < -0.39 is 0 Å². The monoisotopic (exact) mass is 422 g/mol. The molecule has 0 aliphatic carbocycles. The molecule has 0 atom stereocenters. The molecule has 0 aliphatic heterocycles. The first-order valence-corrected chi connectivity index (χ1v) is 11.2. The number of nitrogens with zero attached hydrogens (tertiary/aromatic N) is 3. The van der Waals surface area contributed by atoms with Crippen molar-refractivity contribution in [3.05, 3.63) is 81.9 Å². The molecule has 3 aromatic rings. The van der Waals surface area contributed by atoms with Crippen LogP contribution >= 0.6 is 23.3 Å². The molecule has 29 heavy (non-hydrogen) atoms. The molecule has 0 saturated carbocycles. The number of thiazole rings is 1. The van der Waals surface area contributed by atoms with Crippen LogP contribution < -0.4 is 9.62 Å². The summed E-state index contributed by atoms with van der Waals surface area (Å²) in [7, 11) is 0. The quantitative estimate of drug-likeness (QED) is 0.538. The van der Waals surface area contributed by atoms with Crippen LogP contribution in [0.15, 0.2) is 54.6 Å². The molecule has 7 heteroatoms. The van der Waals surface area contributed by atoms with E-state index in [4.69, 9.17) is 0 Å². The van der Waals surface area contributed by atoms with Crippen molar-refractivity contribution in [1.29, 1.82) is 5.26 Å². The summed E-state index contributed by atoms with van der Waals surface area (Å²) in [4.78, 5) is 20.0. The molecule has 1 amide bonds. The molecule has 0 unspecified atom stereocenters. The highest BCUT2D eigenvalue weighted by Gasteiger charge is 2.19. The number of nitrogens with one attached hydrogen (secondary N) is 1. The molecular weight excluding hydrogens is 400 g/mol. The second kappa shape index (κ2) is 10.1. The minimum atomic E-state index is -0.174. The van der Waals surface area contributed by atoms with Crippen molar-refractivity contribution >= 4 is 34.3 Å². The van der Waals surface area contributed by atoms with Crippen molar-refractivity contribution in [2.24, 2.45) is 0 Å². The van der Waals surface area contributed by atoms with Gasteiger partial charge in [-0.3, -0.25) is 9.52 Å². The Morgan fingerprint density at radius 2 is 1.93 bits per heavy atom. The maximum Gasteiger partial charge on any atom is 0.280 e. The Hall–Kier alpha value is -2.82. The van der Waals surface area contributed by atoms with Crippen LogP contribution in [-0.2, 0) is 13.0 Å². The third kappa shape index (κ3) is 5.37. The van der Waals surface area contributed by atoms with Gasteiger partial charge in [-0.15, -0.1) is 11.3 Å². The average Bonchev–Trinajstić information content (AvgIpc) is 3.14. The Morgan fingerprint density at radius 1 is 1.21 bits per heavy atom. The third-order valence-corrected chi connectivity index (χ3v) is 5.89. The highest BCUT2D eigenvalue weighted by Crippen LogP contribution is 2.28. The second-order valence-corrected chi connectivity index (χ2v) is 8.26. The van der Waals surface area contributed by atoms with Crippen LogP contribution in [0, 0.1) is 18.3 Å². The molecule has 3 rings (SSSR count). The number of hydrogen-bond donors (Lipinski definition) is 1. The average molecular weight is 423 g/mol. The van der Waals surface area contributed by atoms with Gasteiger partial charge >= 0.3 is 0 Å². The second-order valence-electron chi connectivity index (χ2n) is 6.46. The lowest BCUT2D eigenvalue weighted by atomic mass is 10.1. The Kier molecular flexibility index (Phi) is 7.28. The lowest BCUT2D eigenvalue weighted by Crippen LogP contribution is -2.26. The van der Waals surface area contributed by atoms with Crippen molar-refractivity contribution in [2.75, 3.05) is 17.7 Å². The van der Waals surface area contributed by atoms with Crippen molar-refractivity contribution in [2.45, 2.75) is 19.9 Å². The molecule has 148 valence electrons. The number of nitriles is 1. The summed E-state index contributed by atoms with van der Waals surface area (Å²) in [5, 5.41) is 10.2. The summed E-state index contributed by atoms with van der Waals surface area (Å²) in [6.07, 6.45) is 2.54. The molecule has 0 bridgehead atoms. The van der Waals surface area contributed by atoms with E-state index >= 15 is 0 Å². The minimum Gasteiger partial charge on any atom is -0.343 e. The molecule has 1 aromatic heterocycles. The van der Waals surface area contributed by atoms with Gasteiger partial charge in [-0.05, 0) is 30.5 Å². The fourth-order valence-electron chi connectivity index (χ4n) is 3.02. The molecule has 0 aliphatic rings. The SMILES string of the molecule is CSNC(=O)c1nc(N(CCc2ccccc2C#N)Cc2ccccc2)sc1C. The lowest BCUT2D eigenvalue weighted by Gasteiger charge is -2.22. The van der Waals surface area contributed by atoms with Gasteiger partial charge in [0.15, 0.2) is 5.13 Å². The van der Waals surface area contributed by atoms with E-state index in [1.807, 2.05) is 55.6 Å². The molecule has 0 fully saturated rings. The fraction of sp³-hybridized carbons (Fsp3) is 0.227. The zero-order valence-electron chi connectivity index (χ0n) is 16.4. The van der Waals surface area contributed by atoms with Crippen LogP contribution in [0.1, 0.15) is 32.1 Å². The number of anilines is 1. The van der Waals surface area contributed by atoms with Gasteiger partial charge in [-0.1, -0.05) is 60.5 Å². The van der Waals surface area contributed by atoms with E-state index in [1.54, 1.807) is 0 Å². The Labute approximate surface area is 179 Å². The number of benzene rings is 2. The van der Waals surface area contributed by atoms with Gasteiger partial charge in [0.25, 0.3) is 5.91 Å². The summed E-state index contributed by atoms with van der Waals surface area (Å²) >= 11 is 2.79. The molecule has 0 saturated heterocycles. The van der Waals surface area contributed by atoms with Gasteiger partial charge in [0.1, 0.15) is 5.69 Å². The van der Waals surface area contributed by atoms with E-state index in [0.717, 1.165) is 22.0 Å². The van der Waals surface area contributed by atoms with Gasteiger partial charge in [0.2, 0.25) is 0 Å². The van der Waals surface area contributed by atoms with Gasteiger partial charge in [-0.25, -0.2) is 4.98 Å². The fourth-order valence-corrected chi connectivity index (χ4v) is 4.23. The summed E-state index contributed by atoms with van der Waals surface area (Å²) in [6, 6.07) is 20.1. The largest absolute Gasteiger partial charge is 0.343 e. The summed E-state index contributed by atoms with van der Waals surface area (Å²) < 4.78 is 2.74. The lowest BCUT2D eigenvalue weighted by molar-refractivity contribution is 0.0980. The summed E-state index contributed by atoms with van der Waals surface area (Å²) in [5.41, 5.74) is 3.35. The number of amides is 1. The van der Waals surface area contributed by atoms with Crippen LogP contribution in [0.25, 0.3) is 0 Å². The van der Waals surface area contributed by atoms with Gasteiger partial charge < -0.3 is 4.90 Å². The number of rotatable bonds is 8. The first-order chi connectivity index (χ1) is 14.1. The predicted octanol–water partition coefficient (Wildman–Crippen LogP) is 4.58. The minimum absolute atomic E-state index is 0.174. The number of aromatic nitrogens is 1. The maximum absolute atomic E-state index is 12.3. The Morgan fingerprint density at radius 3 is 2.66 bits per heavy atom. The van der Waals surface area contributed by atoms with Crippen molar-refractivity contribution < 1.29 is 4.79 Å². The molecular formula is C22H22N4OS2. The first kappa shape index (κ1) is 20.9. The molecule has 1 heterocycles. The standard InChI is InChI=1S/C22H22N4OS2/c1-16-20(21(27)25-28-2)24-22(29-16)26(15-17-8-4-3-5-9-17)13-12-18-10-6-7-11-19(18)14-23/h3-11H,12-13,15H2,1-2H3,(H,25,27). The van der Waals surface area contributed by atoms with Crippen molar-refractivity contribution in [3.63, 3.8) is 0 Å². The normalized spacial score (nSPS) is 10.4. The number of carbonyl (C=O) groups is 1. The van der Waals surface area contributed by atoms with Crippen molar-refractivity contribution in [1.82, 2.24) is 9.71 Å². The van der Waals surface area contributed by atoms with E-state index in [-0.39, 0.29) is 5.91 Å². The molecule has 0 spiro atoms. The van der Waals surface area contributed by atoms with Gasteiger partial charge in [0.05, 0.1) is 11.6 Å². The third-order valence-electron chi connectivity index (χ3n) is 4.47. The highest BCUT2D eigenvalue weighted by atomic mass is 32.2. The van der Waals surface area contributed by atoms with Crippen LogP contribution in [0.4, 0.5) is 5.13 Å². The van der Waals surface area contributed by atoms with Gasteiger partial charge in [0, 0.05) is 24.2 Å². The Bertz CT molecular complexity index is 1010. The van der Waals surface area contributed by atoms with E-state index in [0.29, 0.717) is 24.3 Å². The first-order valence-electron chi connectivity index (χ1n) is 9.20. The van der Waals surface area contributed by atoms with E-state index in [9.17, 15) is 10.1 Å². The van der Waals surface area contributed by atoms with E-state index in [1.165, 1.54) is 28.8 Å². The maximum atomic E-state index is 12.3. The summed E-state index contributed by atoms with van der Waals surface area (Å²) in [6.45, 7) is 3.30. The predicted molar refractivity (Wildman–Crippen MR) is 120 cm³/mol. The summed E-state index contributed by atoms with van der Waals surface area (Å²) in [5.74, 6) is -0.174. The number of aryl methyl sites for hydroxylation is 1. The number of carbonyl (C=O) groups excluding carboxylic acids is 1. The number of hydrogen-bond acceptors (Lipinski definition) is 6. The zero-order chi connectivity index (χ0) is 20.6. The van der Waals surface area contributed by atoms with Crippen molar-refractivity contribution in [3.8, 4) is 6.07 Å². The molecule has 2 aromatic carbocycles. The topological polar surface area (TPSA) is 69.0 Å². The molecule has 5 nitrogen and oxygen atoms in total. The molecule has 1 N–H and O–H groups in total. The highest BCUT2D eigenvalue weighted by molar-refractivity contribution is 7.97. The zero-order valence-corrected chi connectivity index (χ0v) is 18.0. The van der Waals surface area contributed by atoms with Crippen LogP contribution in [-0.4, -0.2) is 23.7 Å².